The van der Waals surface area contributed by atoms with Crippen molar-refractivity contribution in [2.75, 3.05) is 20.8 Å². The number of methoxy groups -OCH3 is 2. The number of benzene rings is 1. The fourth-order valence-electron chi connectivity index (χ4n) is 1.93. The van der Waals surface area contributed by atoms with E-state index in [-0.39, 0.29) is 11.5 Å². The molecule has 0 aromatic heterocycles. The van der Waals surface area contributed by atoms with Crippen LogP contribution in [0.1, 0.15) is 36.8 Å². The van der Waals surface area contributed by atoms with E-state index in [0.29, 0.717) is 30.0 Å². The molecule has 0 saturated heterocycles. The zero-order chi connectivity index (χ0) is 13.7. The third kappa shape index (κ3) is 3.10. The van der Waals surface area contributed by atoms with Gasteiger partial charge in [0.25, 0.3) is 6.43 Å². The van der Waals surface area contributed by atoms with Gasteiger partial charge in [-0.05, 0) is 36.6 Å². The van der Waals surface area contributed by atoms with E-state index >= 15 is 0 Å². The lowest BCUT2D eigenvalue weighted by Gasteiger charge is -2.18. The van der Waals surface area contributed by atoms with Gasteiger partial charge in [0.1, 0.15) is 0 Å². The van der Waals surface area contributed by atoms with E-state index in [1.165, 1.54) is 20.3 Å². The second-order valence-electron chi connectivity index (χ2n) is 4.12. The molecule has 0 bridgehead atoms. The minimum atomic E-state index is -2.54. The van der Waals surface area contributed by atoms with E-state index in [0.717, 1.165) is 0 Å². The summed E-state index contributed by atoms with van der Waals surface area (Å²) >= 11 is 0. The molecular weight excluding hydrogens is 240 g/mol. The van der Waals surface area contributed by atoms with Crippen molar-refractivity contribution in [1.82, 2.24) is 0 Å². The molecule has 0 aliphatic carbocycles. The van der Waals surface area contributed by atoms with Gasteiger partial charge >= 0.3 is 0 Å². The van der Waals surface area contributed by atoms with Crippen LogP contribution in [0, 0.1) is 0 Å². The summed E-state index contributed by atoms with van der Waals surface area (Å²) in [5, 5.41) is 0. The van der Waals surface area contributed by atoms with E-state index in [4.69, 9.17) is 15.2 Å². The molecule has 18 heavy (non-hydrogen) atoms. The van der Waals surface area contributed by atoms with Gasteiger partial charge < -0.3 is 15.2 Å². The number of hydrogen-bond acceptors (Lipinski definition) is 3. The Morgan fingerprint density at radius 2 is 1.61 bits per heavy atom. The Morgan fingerprint density at radius 3 is 2.00 bits per heavy atom. The summed E-state index contributed by atoms with van der Waals surface area (Å²) in [5.41, 5.74) is 6.02. The van der Waals surface area contributed by atoms with E-state index < -0.39 is 6.43 Å². The van der Waals surface area contributed by atoms with Crippen molar-refractivity contribution >= 4 is 0 Å². The van der Waals surface area contributed by atoms with E-state index in [1.54, 1.807) is 6.07 Å². The van der Waals surface area contributed by atoms with Gasteiger partial charge in [-0.3, -0.25) is 0 Å². The summed E-state index contributed by atoms with van der Waals surface area (Å²) in [6.07, 6.45) is -1.89. The molecule has 1 unspecified atom stereocenters. The Hall–Kier alpha value is -1.36. The fourth-order valence-corrected chi connectivity index (χ4v) is 1.93. The average molecular weight is 259 g/mol. The molecule has 1 atom stereocenters. The molecular formula is C13H19F2NO2. The van der Waals surface area contributed by atoms with Crippen molar-refractivity contribution in [2.24, 2.45) is 5.73 Å². The van der Waals surface area contributed by atoms with Gasteiger partial charge in [0, 0.05) is 5.56 Å². The Labute approximate surface area is 106 Å². The van der Waals surface area contributed by atoms with Crippen molar-refractivity contribution < 1.29 is 18.3 Å². The van der Waals surface area contributed by atoms with Crippen LogP contribution in [-0.4, -0.2) is 20.8 Å². The first-order valence-electron chi connectivity index (χ1n) is 5.79. The van der Waals surface area contributed by atoms with Crippen molar-refractivity contribution in [3.63, 3.8) is 0 Å². The third-order valence-corrected chi connectivity index (χ3v) is 2.95. The van der Waals surface area contributed by atoms with Gasteiger partial charge in [-0.15, -0.1) is 0 Å². The summed E-state index contributed by atoms with van der Waals surface area (Å²) in [4.78, 5) is 0. The number of nitrogens with two attached hydrogens (primary N) is 1. The number of rotatable bonds is 6. The number of halogens is 2. The quantitative estimate of drug-likeness (QED) is 0.853. The second kappa shape index (κ2) is 6.54. The smallest absolute Gasteiger partial charge is 0.264 e. The maximum absolute atomic E-state index is 13.1. The fraction of sp³-hybridized carbons (Fsp3) is 0.538. The summed E-state index contributed by atoms with van der Waals surface area (Å²) in [5.74, 6) is 0.732. The van der Waals surface area contributed by atoms with Gasteiger partial charge in [-0.25, -0.2) is 8.78 Å². The number of ether oxygens (including phenoxy) is 2. The lowest BCUT2D eigenvalue weighted by Crippen LogP contribution is -2.08. The van der Waals surface area contributed by atoms with Crippen LogP contribution < -0.4 is 15.2 Å². The van der Waals surface area contributed by atoms with Crippen molar-refractivity contribution in [1.29, 1.82) is 0 Å². The van der Waals surface area contributed by atoms with Gasteiger partial charge in [0.05, 0.1) is 14.2 Å². The topological polar surface area (TPSA) is 44.5 Å². The molecule has 0 saturated carbocycles. The molecule has 0 aliphatic rings. The molecule has 0 radical (unpaired) electrons. The Morgan fingerprint density at radius 1 is 1.11 bits per heavy atom. The van der Waals surface area contributed by atoms with Crippen LogP contribution in [0.15, 0.2) is 12.1 Å². The maximum Gasteiger partial charge on any atom is 0.264 e. The minimum Gasteiger partial charge on any atom is -0.493 e. The van der Waals surface area contributed by atoms with E-state index in [2.05, 4.69) is 0 Å². The Kier molecular flexibility index (Phi) is 5.34. The normalized spacial score (nSPS) is 12.6. The highest BCUT2D eigenvalue weighted by molar-refractivity contribution is 5.49. The molecule has 0 heterocycles. The predicted octanol–water partition coefficient (Wildman–Crippen LogP) is 3.09. The zero-order valence-corrected chi connectivity index (χ0v) is 10.9. The third-order valence-electron chi connectivity index (χ3n) is 2.95. The van der Waals surface area contributed by atoms with Crippen LogP contribution in [0.2, 0.25) is 0 Å². The Bertz CT molecular complexity index is 397. The molecule has 1 aromatic carbocycles. The van der Waals surface area contributed by atoms with Crippen LogP contribution >= 0.6 is 0 Å². The highest BCUT2D eigenvalue weighted by Crippen LogP contribution is 2.38. The first-order valence-corrected chi connectivity index (χ1v) is 5.79. The van der Waals surface area contributed by atoms with Gasteiger partial charge in [0.2, 0.25) is 0 Å². The summed E-state index contributed by atoms with van der Waals surface area (Å²) in [6, 6.07) is 2.95. The second-order valence-corrected chi connectivity index (χ2v) is 4.12. The molecule has 0 amide bonds. The van der Waals surface area contributed by atoms with Crippen LogP contribution in [0.25, 0.3) is 0 Å². The number of hydrogen-bond donors (Lipinski definition) is 1. The molecule has 3 nitrogen and oxygen atoms in total. The molecule has 102 valence electrons. The monoisotopic (exact) mass is 259 g/mol. The highest BCUT2D eigenvalue weighted by Gasteiger charge is 2.21. The lowest BCUT2D eigenvalue weighted by atomic mass is 9.92. The molecule has 0 spiro atoms. The Balaban J connectivity index is 3.28. The molecule has 0 aliphatic heterocycles. The summed E-state index contributed by atoms with van der Waals surface area (Å²) in [6.45, 7) is 2.33. The number of alkyl halides is 2. The molecule has 2 N–H and O–H groups in total. The van der Waals surface area contributed by atoms with Crippen LogP contribution in [0.4, 0.5) is 8.78 Å². The SMILES string of the molecule is COc1cc(C(F)F)c(C(C)CCN)cc1OC. The maximum atomic E-state index is 13.1. The lowest BCUT2D eigenvalue weighted by molar-refractivity contribution is 0.149. The first kappa shape index (κ1) is 14.7. The van der Waals surface area contributed by atoms with E-state index in [1.807, 2.05) is 6.92 Å². The molecule has 1 rings (SSSR count). The molecule has 0 fully saturated rings. The minimum absolute atomic E-state index is 0.0198. The average Bonchev–Trinajstić information content (AvgIpc) is 2.37. The van der Waals surface area contributed by atoms with Gasteiger partial charge in [-0.1, -0.05) is 6.92 Å². The van der Waals surface area contributed by atoms with Crippen molar-refractivity contribution in [2.45, 2.75) is 25.7 Å². The molecule has 5 heteroatoms. The van der Waals surface area contributed by atoms with Crippen molar-refractivity contribution in [3.8, 4) is 11.5 Å². The van der Waals surface area contributed by atoms with Crippen LogP contribution in [-0.2, 0) is 0 Å². The van der Waals surface area contributed by atoms with E-state index in [9.17, 15) is 8.78 Å². The zero-order valence-electron chi connectivity index (χ0n) is 10.9. The summed E-state index contributed by atoms with van der Waals surface area (Å²) < 4.78 is 36.3. The molecule has 1 aromatic rings. The first-order chi connectivity index (χ1) is 8.54. The highest BCUT2D eigenvalue weighted by atomic mass is 19.3. The largest absolute Gasteiger partial charge is 0.493 e. The van der Waals surface area contributed by atoms with Crippen molar-refractivity contribution in [3.05, 3.63) is 23.3 Å². The van der Waals surface area contributed by atoms with Crippen LogP contribution in [0.5, 0.6) is 11.5 Å². The summed E-state index contributed by atoms with van der Waals surface area (Å²) in [7, 11) is 2.91. The standard InChI is InChI=1S/C13H19F2NO2/c1-8(4-5-16)9-6-11(17-2)12(18-3)7-10(9)13(14)15/h6-8,13H,4-5,16H2,1-3H3. The predicted molar refractivity (Wildman–Crippen MR) is 66.6 cm³/mol. The van der Waals surface area contributed by atoms with Crippen LogP contribution in [0.3, 0.4) is 0 Å². The van der Waals surface area contributed by atoms with Gasteiger partial charge in [-0.2, -0.15) is 0 Å². The van der Waals surface area contributed by atoms with Gasteiger partial charge in [0.15, 0.2) is 11.5 Å².